The molecule has 3 aromatic rings. The minimum atomic E-state index is -0.766. The summed E-state index contributed by atoms with van der Waals surface area (Å²) >= 11 is 9.10. The molecule has 2 aromatic carbocycles. The van der Waals surface area contributed by atoms with Gasteiger partial charge in [0.25, 0.3) is 5.69 Å². The Hall–Kier alpha value is -2.32. The molecule has 0 saturated carbocycles. The molecule has 1 aromatic heterocycles. The van der Waals surface area contributed by atoms with Crippen molar-refractivity contribution >= 4 is 50.0 Å². The fourth-order valence-corrected chi connectivity index (χ4v) is 3.10. The highest BCUT2D eigenvalue weighted by Crippen LogP contribution is 2.36. The molecule has 0 aliphatic carbocycles. The monoisotopic (exact) mass is 397 g/mol. The van der Waals surface area contributed by atoms with Crippen molar-refractivity contribution in [3.05, 3.63) is 67.1 Å². The van der Waals surface area contributed by atoms with Gasteiger partial charge in [0, 0.05) is 11.6 Å². The van der Waals surface area contributed by atoms with Crippen molar-refractivity contribution in [3.8, 4) is 0 Å². The van der Waals surface area contributed by atoms with Gasteiger partial charge >= 0.3 is 0 Å². The summed E-state index contributed by atoms with van der Waals surface area (Å²) in [5.41, 5.74) is -0.0802. The molecule has 0 unspecified atom stereocenters. The Bertz CT molecular complexity index is 973. The molecule has 116 valence electrons. The molecule has 0 radical (unpaired) electrons. The first-order chi connectivity index (χ1) is 10.9. The van der Waals surface area contributed by atoms with Crippen molar-refractivity contribution in [1.29, 1.82) is 0 Å². The third-order valence-corrected chi connectivity index (χ3v) is 4.33. The molecule has 0 spiro atoms. The van der Waals surface area contributed by atoms with Crippen LogP contribution in [0.15, 0.2) is 35.1 Å². The molecule has 0 amide bonds. The largest absolute Gasteiger partial charge is 0.344 e. The minimum absolute atomic E-state index is 0.000257. The molecule has 0 aliphatic rings. The number of hydrogen-bond donors (Lipinski definition) is 1. The molecule has 3 rings (SSSR count). The van der Waals surface area contributed by atoms with E-state index in [1.54, 1.807) is 0 Å². The maximum Gasteiger partial charge on any atom is 0.283 e. The zero-order valence-electron chi connectivity index (χ0n) is 11.1. The van der Waals surface area contributed by atoms with E-state index in [-0.39, 0.29) is 20.6 Å². The fraction of sp³-hybridized carbons (Fsp3) is 0. The third-order valence-electron chi connectivity index (χ3n) is 3.23. The fourth-order valence-electron chi connectivity index (χ4n) is 2.20. The molecular weight excluding hydrogens is 393 g/mol. The highest BCUT2D eigenvalue weighted by Gasteiger charge is 2.29. The van der Waals surface area contributed by atoms with E-state index in [4.69, 9.17) is 11.6 Å². The second kappa shape index (κ2) is 5.71. The number of H-pyrrole nitrogens is 1. The maximum absolute atomic E-state index is 13.4. The second-order valence-corrected chi connectivity index (χ2v) is 5.79. The number of imidazole rings is 1. The van der Waals surface area contributed by atoms with E-state index < -0.39 is 22.2 Å². The summed E-state index contributed by atoms with van der Waals surface area (Å²) in [6, 6.07) is 4.46. The van der Waals surface area contributed by atoms with Crippen molar-refractivity contribution in [3.63, 3.8) is 0 Å². The third kappa shape index (κ3) is 2.60. The van der Waals surface area contributed by atoms with Crippen molar-refractivity contribution in [2.75, 3.05) is 0 Å². The van der Waals surface area contributed by atoms with Crippen LogP contribution in [0.2, 0.25) is 5.02 Å². The molecule has 23 heavy (non-hydrogen) atoms. The smallest absolute Gasteiger partial charge is 0.283 e. The first-order valence-corrected chi connectivity index (χ1v) is 7.37. The maximum atomic E-state index is 13.4. The number of nitrogens with zero attached hydrogens (tertiary/aromatic N) is 2. The van der Waals surface area contributed by atoms with Crippen LogP contribution in [0.3, 0.4) is 0 Å². The van der Waals surface area contributed by atoms with E-state index >= 15 is 0 Å². The van der Waals surface area contributed by atoms with E-state index in [0.717, 1.165) is 12.1 Å². The number of fused-ring (bicyclic) bond motifs is 1. The molecule has 0 atom stereocenters. The van der Waals surface area contributed by atoms with Crippen LogP contribution in [0.4, 0.5) is 10.1 Å². The van der Waals surface area contributed by atoms with Crippen LogP contribution in [0, 0.1) is 15.9 Å². The van der Waals surface area contributed by atoms with Gasteiger partial charge in [-0.15, -0.1) is 0 Å². The van der Waals surface area contributed by atoms with Gasteiger partial charge in [-0.05, 0) is 34.1 Å². The quantitative estimate of drug-likeness (QED) is 0.406. The van der Waals surface area contributed by atoms with Crippen molar-refractivity contribution in [2.24, 2.45) is 0 Å². The van der Waals surface area contributed by atoms with Gasteiger partial charge in [0.15, 0.2) is 0 Å². The van der Waals surface area contributed by atoms with E-state index in [1.165, 1.54) is 18.5 Å². The number of nitrogens with one attached hydrogen (secondary N) is 1. The van der Waals surface area contributed by atoms with Crippen LogP contribution in [-0.2, 0) is 0 Å². The Morgan fingerprint density at radius 1 is 1.39 bits per heavy atom. The highest BCUT2D eigenvalue weighted by molar-refractivity contribution is 9.10. The second-order valence-electron chi connectivity index (χ2n) is 4.59. The highest BCUT2D eigenvalue weighted by atomic mass is 79.9. The summed E-state index contributed by atoms with van der Waals surface area (Å²) in [5.74, 6) is -1.43. The van der Waals surface area contributed by atoms with E-state index in [9.17, 15) is 19.3 Å². The van der Waals surface area contributed by atoms with Crippen LogP contribution in [0.25, 0.3) is 11.0 Å². The average Bonchev–Trinajstić information content (AvgIpc) is 2.97. The van der Waals surface area contributed by atoms with Gasteiger partial charge < -0.3 is 4.98 Å². The summed E-state index contributed by atoms with van der Waals surface area (Å²) in [7, 11) is 0. The lowest BCUT2D eigenvalue weighted by Crippen LogP contribution is -2.08. The van der Waals surface area contributed by atoms with E-state index in [1.807, 2.05) is 0 Å². The number of nitro benzene ring substituents is 1. The molecule has 1 heterocycles. The van der Waals surface area contributed by atoms with Gasteiger partial charge in [-0.2, -0.15) is 0 Å². The first kappa shape index (κ1) is 15.6. The molecule has 0 aliphatic heterocycles. The predicted octanol–water partition coefficient (Wildman–Crippen LogP) is 4.26. The Kier molecular flexibility index (Phi) is 3.87. The molecule has 1 N–H and O–H groups in total. The van der Waals surface area contributed by atoms with Crippen LogP contribution >= 0.6 is 27.5 Å². The Balaban J connectivity index is 2.31. The lowest BCUT2D eigenvalue weighted by Gasteiger charge is -2.07. The topological polar surface area (TPSA) is 88.9 Å². The van der Waals surface area contributed by atoms with Crippen LogP contribution in [-0.4, -0.2) is 20.7 Å². The lowest BCUT2D eigenvalue weighted by molar-refractivity contribution is -0.385. The number of aromatic amines is 1. The summed E-state index contributed by atoms with van der Waals surface area (Å²) in [6.07, 6.45) is 1.35. The average molecular weight is 399 g/mol. The number of aromatic nitrogens is 2. The van der Waals surface area contributed by atoms with Gasteiger partial charge in [-0.25, -0.2) is 9.37 Å². The van der Waals surface area contributed by atoms with E-state index in [0.29, 0.717) is 11.0 Å². The number of halogens is 3. The van der Waals surface area contributed by atoms with Gasteiger partial charge in [0.05, 0.1) is 26.3 Å². The molecule has 9 heteroatoms. The Morgan fingerprint density at radius 2 is 2.13 bits per heavy atom. The van der Waals surface area contributed by atoms with Crippen LogP contribution in [0.1, 0.15) is 15.9 Å². The first-order valence-electron chi connectivity index (χ1n) is 6.20. The number of ketones is 1. The number of hydrogen-bond acceptors (Lipinski definition) is 4. The van der Waals surface area contributed by atoms with Gasteiger partial charge in [0.2, 0.25) is 5.78 Å². The molecule has 0 bridgehead atoms. The summed E-state index contributed by atoms with van der Waals surface area (Å²) in [4.78, 5) is 30.1. The van der Waals surface area contributed by atoms with Gasteiger partial charge in [-0.1, -0.05) is 11.6 Å². The molecular formula is C14H6BrClFN3O3. The van der Waals surface area contributed by atoms with Gasteiger partial charge in [0.1, 0.15) is 16.9 Å². The standard InChI is InChI=1S/C14H6BrClFN3O3/c15-12-11(14(21)7-3-6(17)1-2-8(7)16)10(20(22)23)4-9-13(12)19-5-18-9/h1-5H,(H,18,19). The molecule has 6 nitrogen and oxygen atoms in total. The predicted molar refractivity (Wildman–Crippen MR) is 85.3 cm³/mol. The van der Waals surface area contributed by atoms with Crippen LogP contribution in [0.5, 0.6) is 0 Å². The number of benzene rings is 2. The SMILES string of the molecule is O=C(c1cc(F)ccc1Cl)c1c([N+](=O)[O-])cc2[nH]cnc2c1Br. The number of carbonyl (C=O) groups is 1. The van der Waals surface area contributed by atoms with Crippen molar-refractivity contribution in [1.82, 2.24) is 9.97 Å². The number of nitro groups is 1. The number of rotatable bonds is 3. The number of carbonyl (C=O) groups excluding carboxylic acids is 1. The Morgan fingerprint density at radius 3 is 2.83 bits per heavy atom. The van der Waals surface area contributed by atoms with Crippen LogP contribution < -0.4 is 0 Å². The summed E-state index contributed by atoms with van der Waals surface area (Å²) in [5, 5.41) is 11.3. The van der Waals surface area contributed by atoms with Crippen molar-refractivity contribution in [2.45, 2.75) is 0 Å². The normalized spacial score (nSPS) is 10.9. The van der Waals surface area contributed by atoms with Gasteiger partial charge in [-0.3, -0.25) is 14.9 Å². The zero-order valence-corrected chi connectivity index (χ0v) is 13.5. The summed E-state index contributed by atoms with van der Waals surface area (Å²) in [6.45, 7) is 0. The molecule has 0 saturated heterocycles. The molecule has 0 fully saturated rings. The van der Waals surface area contributed by atoms with E-state index in [2.05, 4.69) is 25.9 Å². The lowest BCUT2D eigenvalue weighted by atomic mass is 10.0. The Labute approximate surface area is 141 Å². The van der Waals surface area contributed by atoms with Crippen molar-refractivity contribution < 1.29 is 14.1 Å². The minimum Gasteiger partial charge on any atom is -0.344 e. The summed E-state index contributed by atoms with van der Waals surface area (Å²) < 4.78 is 13.6. The zero-order chi connectivity index (χ0) is 16.7.